The molecule has 0 atom stereocenters. The maximum atomic E-state index is 5.44. The van der Waals surface area contributed by atoms with Gasteiger partial charge in [0.2, 0.25) is 0 Å². The lowest BCUT2D eigenvalue weighted by molar-refractivity contribution is 0.0716. The van der Waals surface area contributed by atoms with Crippen LogP contribution in [0.4, 0.5) is 0 Å². The number of nitrogens with one attached hydrogen (secondary N) is 1. The van der Waals surface area contributed by atoms with Crippen LogP contribution in [0.2, 0.25) is 0 Å². The Kier molecular flexibility index (Phi) is 7.55. The Morgan fingerprint density at radius 2 is 2.00 bits per heavy atom. The van der Waals surface area contributed by atoms with Crippen molar-refractivity contribution in [3.63, 3.8) is 0 Å². The first kappa shape index (κ1) is 16.0. The fourth-order valence-corrected chi connectivity index (χ4v) is 1.62. The molecule has 0 radical (unpaired) electrons. The molecule has 0 unspecified atom stereocenters. The minimum Gasteiger partial charge on any atom is -0.382 e. The second kappa shape index (κ2) is 8.96. The SMILES string of the molecule is COCCOCCc1nc(C)cc(CNC(C)C)n1. The average molecular weight is 267 g/mol. The standard InChI is InChI=1S/C14H25N3O2/c1-11(2)15-10-13-9-12(3)16-14(17-13)5-6-19-8-7-18-4/h9,11,15H,5-8,10H2,1-4H3. The summed E-state index contributed by atoms with van der Waals surface area (Å²) in [5.41, 5.74) is 2.04. The molecule has 5 heteroatoms. The quantitative estimate of drug-likeness (QED) is 0.687. The predicted molar refractivity (Wildman–Crippen MR) is 75.1 cm³/mol. The van der Waals surface area contributed by atoms with Crippen molar-refractivity contribution in [1.29, 1.82) is 0 Å². The number of hydrogen-bond donors (Lipinski definition) is 1. The highest BCUT2D eigenvalue weighted by atomic mass is 16.5. The van der Waals surface area contributed by atoms with E-state index < -0.39 is 0 Å². The average Bonchev–Trinajstić information content (AvgIpc) is 2.35. The molecule has 1 aromatic heterocycles. The van der Waals surface area contributed by atoms with Crippen molar-refractivity contribution < 1.29 is 9.47 Å². The molecule has 1 N–H and O–H groups in total. The molecule has 0 aliphatic carbocycles. The number of hydrogen-bond acceptors (Lipinski definition) is 5. The van der Waals surface area contributed by atoms with Crippen molar-refractivity contribution in [1.82, 2.24) is 15.3 Å². The van der Waals surface area contributed by atoms with Gasteiger partial charge in [0.25, 0.3) is 0 Å². The molecule has 1 rings (SSSR count). The Bertz CT molecular complexity index is 370. The summed E-state index contributed by atoms with van der Waals surface area (Å²) in [7, 11) is 1.67. The highest BCUT2D eigenvalue weighted by Crippen LogP contribution is 2.02. The zero-order valence-electron chi connectivity index (χ0n) is 12.4. The first-order chi connectivity index (χ1) is 9.11. The zero-order chi connectivity index (χ0) is 14.1. The van der Waals surface area contributed by atoms with Crippen molar-refractivity contribution >= 4 is 0 Å². The van der Waals surface area contributed by atoms with Crippen LogP contribution in [0.3, 0.4) is 0 Å². The fraction of sp³-hybridized carbons (Fsp3) is 0.714. The van der Waals surface area contributed by atoms with Gasteiger partial charge < -0.3 is 14.8 Å². The van der Waals surface area contributed by atoms with Crippen LogP contribution >= 0.6 is 0 Å². The highest BCUT2D eigenvalue weighted by Gasteiger charge is 2.03. The van der Waals surface area contributed by atoms with E-state index in [-0.39, 0.29) is 0 Å². The lowest BCUT2D eigenvalue weighted by Crippen LogP contribution is -2.23. The molecule has 0 saturated heterocycles. The molecule has 1 heterocycles. The summed E-state index contributed by atoms with van der Waals surface area (Å²) < 4.78 is 10.4. The lowest BCUT2D eigenvalue weighted by Gasteiger charge is -2.09. The second-order valence-corrected chi connectivity index (χ2v) is 4.81. The monoisotopic (exact) mass is 267 g/mol. The molecule has 19 heavy (non-hydrogen) atoms. The number of aryl methyl sites for hydroxylation is 1. The first-order valence-electron chi connectivity index (χ1n) is 6.75. The van der Waals surface area contributed by atoms with Gasteiger partial charge in [0.05, 0.1) is 25.5 Å². The highest BCUT2D eigenvalue weighted by molar-refractivity contribution is 5.10. The first-order valence-corrected chi connectivity index (χ1v) is 6.75. The van der Waals surface area contributed by atoms with Crippen LogP contribution in [0.5, 0.6) is 0 Å². The smallest absolute Gasteiger partial charge is 0.131 e. The number of ether oxygens (including phenoxy) is 2. The molecule has 0 amide bonds. The summed E-state index contributed by atoms with van der Waals surface area (Å²) in [6.45, 7) is 8.89. The van der Waals surface area contributed by atoms with E-state index in [0.29, 0.717) is 25.9 Å². The van der Waals surface area contributed by atoms with Crippen LogP contribution < -0.4 is 5.32 Å². The van der Waals surface area contributed by atoms with Crippen LogP contribution in [0.1, 0.15) is 31.1 Å². The van der Waals surface area contributed by atoms with Gasteiger partial charge in [-0.25, -0.2) is 9.97 Å². The Balaban J connectivity index is 2.44. The molecule has 0 aliphatic heterocycles. The van der Waals surface area contributed by atoms with E-state index in [1.54, 1.807) is 7.11 Å². The summed E-state index contributed by atoms with van der Waals surface area (Å²) in [6, 6.07) is 2.47. The Morgan fingerprint density at radius 3 is 2.68 bits per heavy atom. The minimum absolute atomic E-state index is 0.455. The largest absolute Gasteiger partial charge is 0.382 e. The third kappa shape index (κ3) is 7.20. The molecule has 5 nitrogen and oxygen atoms in total. The third-order valence-corrected chi connectivity index (χ3v) is 2.55. The van der Waals surface area contributed by atoms with E-state index in [1.807, 2.05) is 13.0 Å². The van der Waals surface area contributed by atoms with Gasteiger partial charge in [0.15, 0.2) is 0 Å². The van der Waals surface area contributed by atoms with Gasteiger partial charge in [0.1, 0.15) is 5.82 Å². The van der Waals surface area contributed by atoms with Crippen molar-refractivity contribution in [3.8, 4) is 0 Å². The van der Waals surface area contributed by atoms with Crippen molar-refractivity contribution in [2.75, 3.05) is 26.9 Å². The predicted octanol–water partition coefficient (Wildman–Crippen LogP) is 1.49. The van der Waals surface area contributed by atoms with Crippen LogP contribution in [0, 0.1) is 6.92 Å². The third-order valence-electron chi connectivity index (χ3n) is 2.55. The molecule has 0 fully saturated rings. The van der Waals surface area contributed by atoms with Gasteiger partial charge in [-0.15, -0.1) is 0 Å². The second-order valence-electron chi connectivity index (χ2n) is 4.81. The Hall–Kier alpha value is -1.04. The Morgan fingerprint density at radius 1 is 1.21 bits per heavy atom. The van der Waals surface area contributed by atoms with Gasteiger partial charge in [-0.3, -0.25) is 0 Å². The topological polar surface area (TPSA) is 56.3 Å². The molecule has 0 aromatic carbocycles. The molecule has 0 bridgehead atoms. The van der Waals surface area contributed by atoms with Crippen LogP contribution in [-0.2, 0) is 22.4 Å². The normalized spacial score (nSPS) is 11.2. The lowest BCUT2D eigenvalue weighted by atomic mass is 10.3. The molecule has 108 valence electrons. The van der Waals surface area contributed by atoms with Crippen molar-refractivity contribution in [2.24, 2.45) is 0 Å². The summed E-state index contributed by atoms with van der Waals surface area (Å²) >= 11 is 0. The fourth-order valence-electron chi connectivity index (χ4n) is 1.62. The molecular formula is C14H25N3O2. The number of methoxy groups -OCH3 is 1. The van der Waals surface area contributed by atoms with E-state index in [0.717, 1.165) is 30.2 Å². The van der Waals surface area contributed by atoms with E-state index in [4.69, 9.17) is 9.47 Å². The van der Waals surface area contributed by atoms with E-state index in [1.165, 1.54) is 0 Å². The summed E-state index contributed by atoms with van der Waals surface area (Å²) in [4.78, 5) is 8.97. The zero-order valence-corrected chi connectivity index (χ0v) is 12.4. The van der Waals surface area contributed by atoms with E-state index >= 15 is 0 Å². The molecular weight excluding hydrogens is 242 g/mol. The molecule has 1 aromatic rings. The van der Waals surface area contributed by atoms with Crippen LogP contribution in [-0.4, -0.2) is 42.9 Å². The Labute approximate surface area is 115 Å². The maximum Gasteiger partial charge on any atom is 0.131 e. The van der Waals surface area contributed by atoms with Gasteiger partial charge in [0, 0.05) is 31.8 Å². The van der Waals surface area contributed by atoms with Crippen molar-refractivity contribution in [2.45, 2.75) is 39.8 Å². The summed E-state index contributed by atoms with van der Waals surface area (Å²) in [6.07, 6.45) is 0.736. The summed E-state index contributed by atoms with van der Waals surface area (Å²) in [5.74, 6) is 0.845. The number of aromatic nitrogens is 2. The van der Waals surface area contributed by atoms with Gasteiger partial charge in [-0.05, 0) is 13.0 Å². The minimum atomic E-state index is 0.455. The molecule has 0 aliphatic rings. The van der Waals surface area contributed by atoms with Gasteiger partial charge in [-0.2, -0.15) is 0 Å². The maximum absolute atomic E-state index is 5.44. The van der Waals surface area contributed by atoms with E-state index in [9.17, 15) is 0 Å². The van der Waals surface area contributed by atoms with Crippen LogP contribution in [0.25, 0.3) is 0 Å². The van der Waals surface area contributed by atoms with Gasteiger partial charge in [-0.1, -0.05) is 13.8 Å². The summed E-state index contributed by atoms with van der Waals surface area (Å²) in [5, 5.41) is 3.36. The van der Waals surface area contributed by atoms with Crippen LogP contribution in [0.15, 0.2) is 6.07 Å². The number of nitrogens with zero attached hydrogens (tertiary/aromatic N) is 2. The molecule has 0 spiro atoms. The number of rotatable bonds is 9. The van der Waals surface area contributed by atoms with Gasteiger partial charge >= 0.3 is 0 Å². The molecule has 0 saturated carbocycles. The van der Waals surface area contributed by atoms with E-state index in [2.05, 4.69) is 29.1 Å². The van der Waals surface area contributed by atoms with Crippen molar-refractivity contribution in [3.05, 3.63) is 23.3 Å².